The van der Waals surface area contributed by atoms with Gasteiger partial charge in [0.25, 0.3) is 0 Å². The number of ether oxygens (including phenoxy) is 1. The first-order valence-corrected chi connectivity index (χ1v) is 8.48. The minimum absolute atomic E-state index is 0.0302. The molecular weight excluding hydrogens is 356 g/mol. The van der Waals surface area contributed by atoms with Crippen molar-refractivity contribution >= 4 is 34.4 Å². The molecule has 0 fully saturated rings. The Morgan fingerprint density at radius 3 is 2.88 bits per heavy atom. The van der Waals surface area contributed by atoms with Crippen molar-refractivity contribution in [1.29, 1.82) is 0 Å². The average molecular weight is 371 g/mol. The number of hydrogen-bond acceptors (Lipinski definition) is 6. The Hall–Kier alpha value is -2.86. The standard InChI is InChI=1S/C19H15ClN2O4/c1-25-19(24)11-5-6-16(21-9-11)22-8-7-12-15(10-22)26-18-13(17(12)23)3-2-4-14(18)20/h2-6,9H,7-8,10H2,1H3. The number of esters is 1. The maximum atomic E-state index is 12.7. The summed E-state index contributed by atoms with van der Waals surface area (Å²) in [5, 5.41) is 0.922. The Morgan fingerprint density at radius 1 is 1.31 bits per heavy atom. The van der Waals surface area contributed by atoms with E-state index in [9.17, 15) is 9.59 Å². The van der Waals surface area contributed by atoms with Gasteiger partial charge in [-0.1, -0.05) is 17.7 Å². The van der Waals surface area contributed by atoms with Crippen molar-refractivity contribution < 1.29 is 13.9 Å². The molecule has 0 bridgehead atoms. The number of rotatable bonds is 2. The molecule has 0 spiro atoms. The van der Waals surface area contributed by atoms with E-state index in [1.165, 1.54) is 13.3 Å². The molecule has 132 valence electrons. The lowest BCUT2D eigenvalue weighted by Crippen LogP contribution is -2.34. The number of carbonyl (C=O) groups is 1. The average Bonchev–Trinajstić information content (AvgIpc) is 2.68. The lowest BCUT2D eigenvalue weighted by atomic mass is 10.0. The van der Waals surface area contributed by atoms with Crippen LogP contribution >= 0.6 is 11.6 Å². The summed E-state index contributed by atoms with van der Waals surface area (Å²) >= 11 is 6.18. The van der Waals surface area contributed by atoms with Crippen LogP contribution in [-0.2, 0) is 17.7 Å². The minimum atomic E-state index is -0.430. The van der Waals surface area contributed by atoms with Crippen LogP contribution in [0.25, 0.3) is 11.0 Å². The second-order valence-corrected chi connectivity index (χ2v) is 6.42. The highest BCUT2D eigenvalue weighted by atomic mass is 35.5. The van der Waals surface area contributed by atoms with Crippen LogP contribution in [0.2, 0.25) is 5.02 Å². The van der Waals surface area contributed by atoms with Crippen molar-refractivity contribution in [1.82, 2.24) is 4.98 Å². The van der Waals surface area contributed by atoms with Crippen LogP contribution in [0.4, 0.5) is 5.82 Å². The predicted octanol–water partition coefficient (Wildman–Crippen LogP) is 3.19. The third-order valence-corrected chi connectivity index (χ3v) is 4.80. The molecular formula is C19H15ClN2O4. The van der Waals surface area contributed by atoms with E-state index < -0.39 is 5.97 Å². The molecule has 1 aliphatic heterocycles. The number of para-hydroxylation sites is 1. The van der Waals surface area contributed by atoms with E-state index in [0.29, 0.717) is 58.2 Å². The Morgan fingerprint density at radius 2 is 2.15 bits per heavy atom. The summed E-state index contributed by atoms with van der Waals surface area (Å²) in [7, 11) is 1.33. The highest BCUT2D eigenvalue weighted by molar-refractivity contribution is 6.34. The molecule has 0 radical (unpaired) electrons. The largest absolute Gasteiger partial charge is 0.465 e. The SMILES string of the molecule is COC(=O)c1ccc(N2CCc3c(oc4c(Cl)cccc4c3=O)C2)nc1. The molecule has 7 heteroatoms. The zero-order valence-corrected chi connectivity index (χ0v) is 14.7. The van der Waals surface area contributed by atoms with Crippen LogP contribution in [0.5, 0.6) is 0 Å². The molecule has 26 heavy (non-hydrogen) atoms. The van der Waals surface area contributed by atoms with Crippen molar-refractivity contribution in [3.05, 3.63) is 68.7 Å². The van der Waals surface area contributed by atoms with Gasteiger partial charge in [0.2, 0.25) is 0 Å². The van der Waals surface area contributed by atoms with E-state index in [4.69, 9.17) is 16.0 Å². The molecule has 0 aliphatic carbocycles. The van der Waals surface area contributed by atoms with Crippen molar-refractivity contribution in [3.63, 3.8) is 0 Å². The van der Waals surface area contributed by atoms with Crippen molar-refractivity contribution in [2.75, 3.05) is 18.6 Å². The van der Waals surface area contributed by atoms with Gasteiger partial charge in [0.05, 0.1) is 29.6 Å². The Bertz CT molecular complexity index is 1060. The van der Waals surface area contributed by atoms with Crippen molar-refractivity contribution in [2.45, 2.75) is 13.0 Å². The molecule has 0 unspecified atom stereocenters. The van der Waals surface area contributed by atoms with E-state index in [1.807, 2.05) is 4.90 Å². The van der Waals surface area contributed by atoms with Crippen LogP contribution in [-0.4, -0.2) is 24.6 Å². The molecule has 0 atom stereocenters. The number of anilines is 1. The van der Waals surface area contributed by atoms with Gasteiger partial charge in [-0.2, -0.15) is 0 Å². The number of fused-ring (bicyclic) bond motifs is 2. The third kappa shape index (κ3) is 2.72. The highest BCUT2D eigenvalue weighted by Gasteiger charge is 2.24. The summed E-state index contributed by atoms with van der Waals surface area (Å²) in [5.74, 6) is 0.867. The van der Waals surface area contributed by atoms with Gasteiger partial charge >= 0.3 is 5.97 Å². The van der Waals surface area contributed by atoms with Gasteiger partial charge in [-0.15, -0.1) is 0 Å². The first-order chi connectivity index (χ1) is 12.6. The normalized spacial score (nSPS) is 13.5. The van der Waals surface area contributed by atoms with Gasteiger partial charge in [-0.25, -0.2) is 9.78 Å². The predicted molar refractivity (Wildman–Crippen MR) is 97.8 cm³/mol. The van der Waals surface area contributed by atoms with Gasteiger partial charge in [0.1, 0.15) is 11.6 Å². The summed E-state index contributed by atoms with van der Waals surface area (Å²) in [6, 6.07) is 8.59. The van der Waals surface area contributed by atoms with Gasteiger partial charge in [-0.3, -0.25) is 4.79 Å². The van der Waals surface area contributed by atoms with Crippen LogP contribution in [0.15, 0.2) is 45.7 Å². The van der Waals surface area contributed by atoms with Gasteiger partial charge in [0.15, 0.2) is 11.0 Å². The zero-order chi connectivity index (χ0) is 18.3. The van der Waals surface area contributed by atoms with Gasteiger partial charge in [0, 0.05) is 18.3 Å². The first kappa shape index (κ1) is 16.6. The fourth-order valence-electron chi connectivity index (χ4n) is 3.15. The molecule has 2 aromatic heterocycles. The summed E-state index contributed by atoms with van der Waals surface area (Å²) in [6.07, 6.45) is 2.03. The van der Waals surface area contributed by atoms with Crippen LogP contribution in [0.3, 0.4) is 0 Å². The number of carbonyl (C=O) groups excluding carboxylic acids is 1. The Balaban J connectivity index is 1.69. The molecule has 0 saturated carbocycles. The quantitative estimate of drug-likeness (QED) is 0.645. The molecule has 3 aromatic rings. The molecule has 6 nitrogen and oxygen atoms in total. The molecule has 4 rings (SSSR count). The molecule has 0 amide bonds. The fraction of sp³-hybridized carbons (Fsp3) is 0.211. The fourth-order valence-corrected chi connectivity index (χ4v) is 3.37. The van der Waals surface area contributed by atoms with E-state index in [0.717, 1.165) is 0 Å². The monoisotopic (exact) mass is 370 g/mol. The summed E-state index contributed by atoms with van der Waals surface area (Å²) in [4.78, 5) is 30.6. The van der Waals surface area contributed by atoms with Gasteiger partial charge < -0.3 is 14.1 Å². The second kappa shape index (κ2) is 6.46. The van der Waals surface area contributed by atoms with Crippen LogP contribution < -0.4 is 10.3 Å². The Labute approximate surface area is 154 Å². The smallest absolute Gasteiger partial charge is 0.339 e. The van der Waals surface area contributed by atoms with Crippen LogP contribution in [0, 0.1) is 0 Å². The number of aromatic nitrogens is 1. The van der Waals surface area contributed by atoms with Crippen molar-refractivity contribution in [2.24, 2.45) is 0 Å². The molecule has 1 aromatic carbocycles. The molecule has 1 aliphatic rings. The zero-order valence-electron chi connectivity index (χ0n) is 14.0. The topological polar surface area (TPSA) is 72.6 Å². The van der Waals surface area contributed by atoms with Crippen LogP contribution in [0.1, 0.15) is 21.7 Å². The maximum absolute atomic E-state index is 12.7. The summed E-state index contributed by atoms with van der Waals surface area (Å²) in [6.45, 7) is 1.05. The minimum Gasteiger partial charge on any atom is -0.465 e. The number of methoxy groups -OCH3 is 1. The lowest BCUT2D eigenvalue weighted by Gasteiger charge is -2.28. The number of pyridine rings is 1. The lowest BCUT2D eigenvalue weighted by molar-refractivity contribution is 0.0600. The summed E-state index contributed by atoms with van der Waals surface area (Å²) in [5.41, 5.74) is 1.45. The number of benzene rings is 1. The van der Waals surface area contributed by atoms with E-state index in [2.05, 4.69) is 9.72 Å². The van der Waals surface area contributed by atoms with E-state index in [1.54, 1.807) is 30.3 Å². The Kier molecular flexibility index (Phi) is 4.12. The van der Waals surface area contributed by atoms with Gasteiger partial charge in [-0.05, 0) is 30.7 Å². The van der Waals surface area contributed by atoms with E-state index in [-0.39, 0.29) is 5.43 Å². The maximum Gasteiger partial charge on any atom is 0.339 e. The molecule has 0 N–H and O–H groups in total. The summed E-state index contributed by atoms with van der Waals surface area (Å²) < 4.78 is 10.6. The second-order valence-electron chi connectivity index (χ2n) is 6.02. The number of nitrogens with zero attached hydrogens (tertiary/aromatic N) is 2. The number of hydrogen-bond donors (Lipinski definition) is 0. The molecule has 0 saturated heterocycles. The van der Waals surface area contributed by atoms with Crippen molar-refractivity contribution in [3.8, 4) is 0 Å². The third-order valence-electron chi connectivity index (χ3n) is 4.51. The highest BCUT2D eigenvalue weighted by Crippen LogP contribution is 2.28. The first-order valence-electron chi connectivity index (χ1n) is 8.11. The number of halogens is 1. The molecule has 3 heterocycles. The van der Waals surface area contributed by atoms with E-state index >= 15 is 0 Å².